The van der Waals surface area contributed by atoms with Crippen LogP contribution in [0.15, 0.2) is 72.8 Å². The van der Waals surface area contributed by atoms with Crippen molar-refractivity contribution >= 4 is 11.8 Å². The van der Waals surface area contributed by atoms with E-state index >= 15 is 0 Å². The fourth-order valence-corrected chi connectivity index (χ4v) is 3.83. The highest BCUT2D eigenvalue weighted by atomic mass is 16.2. The second kappa shape index (κ2) is 8.95. The Kier molecular flexibility index (Phi) is 5.94. The van der Waals surface area contributed by atoms with E-state index in [1.165, 1.54) is 16.7 Å². The summed E-state index contributed by atoms with van der Waals surface area (Å²) in [4.78, 5) is 26.8. The highest BCUT2D eigenvalue weighted by Gasteiger charge is 2.20. The molecule has 3 aromatic carbocycles. The molecule has 0 fully saturated rings. The molecule has 1 N–H and O–H groups in total. The highest BCUT2D eigenvalue weighted by molar-refractivity contribution is 5.96. The van der Waals surface area contributed by atoms with Gasteiger partial charge in [0.15, 0.2) is 0 Å². The quantitative estimate of drug-likeness (QED) is 0.699. The normalized spacial score (nSPS) is 12.9. The molecule has 0 unspecified atom stereocenters. The van der Waals surface area contributed by atoms with Gasteiger partial charge in [-0.2, -0.15) is 0 Å². The Morgan fingerprint density at radius 2 is 1.50 bits per heavy atom. The molecule has 0 aliphatic carbocycles. The van der Waals surface area contributed by atoms with Gasteiger partial charge in [-0.25, -0.2) is 0 Å². The summed E-state index contributed by atoms with van der Waals surface area (Å²) < 4.78 is 0. The molecule has 3 aromatic rings. The lowest BCUT2D eigenvalue weighted by Crippen LogP contribution is -2.42. The summed E-state index contributed by atoms with van der Waals surface area (Å²) >= 11 is 0. The minimum absolute atomic E-state index is 0.0151. The van der Waals surface area contributed by atoms with Crippen LogP contribution in [-0.2, 0) is 24.2 Å². The van der Waals surface area contributed by atoms with E-state index in [1.807, 2.05) is 29.2 Å². The van der Waals surface area contributed by atoms with Crippen molar-refractivity contribution < 1.29 is 9.59 Å². The number of carbonyl (C=O) groups is 2. The molecule has 0 saturated carbocycles. The molecule has 4 nitrogen and oxygen atoms in total. The van der Waals surface area contributed by atoms with Gasteiger partial charge in [-0.05, 0) is 52.8 Å². The van der Waals surface area contributed by atoms with Crippen molar-refractivity contribution in [3.05, 3.63) is 95.1 Å². The van der Waals surface area contributed by atoms with E-state index in [0.29, 0.717) is 18.7 Å². The lowest BCUT2D eigenvalue weighted by Gasteiger charge is -2.29. The average molecular weight is 399 g/mol. The van der Waals surface area contributed by atoms with Gasteiger partial charge in [-0.1, -0.05) is 67.6 Å². The molecule has 0 atom stereocenters. The highest BCUT2D eigenvalue weighted by Crippen LogP contribution is 2.21. The first-order valence-electron chi connectivity index (χ1n) is 10.5. The predicted molar refractivity (Wildman–Crippen MR) is 119 cm³/mol. The lowest BCUT2D eigenvalue weighted by molar-refractivity contribution is -0.131. The molecule has 0 saturated heterocycles. The van der Waals surface area contributed by atoms with Crippen LogP contribution in [-0.4, -0.2) is 29.8 Å². The Bertz CT molecular complexity index is 1040. The predicted octanol–water partition coefficient (Wildman–Crippen LogP) is 4.23. The third-order valence-electron chi connectivity index (χ3n) is 5.73. The number of carbonyl (C=O) groups excluding carboxylic acids is 2. The van der Waals surface area contributed by atoms with E-state index in [9.17, 15) is 9.59 Å². The molecule has 1 aliphatic rings. The number of nitrogens with zero attached hydrogens (tertiary/aromatic N) is 1. The van der Waals surface area contributed by atoms with Crippen LogP contribution in [0.4, 0.5) is 0 Å². The number of aryl methyl sites for hydroxylation is 1. The van der Waals surface area contributed by atoms with Crippen molar-refractivity contribution in [2.45, 2.75) is 26.3 Å². The largest absolute Gasteiger partial charge is 0.343 e. The summed E-state index contributed by atoms with van der Waals surface area (Å²) in [7, 11) is 0. The molecule has 4 heteroatoms. The molecule has 152 valence electrons. The van der Waals surface area contributed by atoms with Gasteiger partial charge >= 0.3 is 0 Å². The first-order valence-corrected chi connectivity index (χ1v) is 10.5. The summed E-state index contributed by atoms with van der Waals surface area (Å²) in [5.41, 5.74) is 6.54. The molecule has 2 amide bonds. The summed E-state index contributed by atoms with van der Waals surface area (Å²) in [6, 6.07) is 24.1. The average Bonchev–Trinajstić information content (AvgIpc) is 2.82. The lowest BCUT2D eigenvalue weighted by atomic mass is 10.00. The fourth-order valence-electron chi connectivity index (χ4n) is 3.83. The maximum atomic E-state index is 12.5. The van der Waals surface area contributed by atoms with Gasteiger partial charge < -0.3 is 10.2 Å². The van der Waals surface area contributed by atoms with Gasteiger partial charge in [-0.15, -0.1) is 0 Å². The van der Waals surface area contributed by atoms with E-state index in [1.54, 1.807) is 12.1 Å². The van der Waals surface area contributed by atoms with Crippen molar-refractivity contribution in [1.82, 2.24) is 10.2 Å². The zero-order valence-corrected chi connectivity index (χ0v) is 17.2. The Hall–Kier alpha value is -3.40. The Balaban J connectivity index is 1.33. The van der Waals surface area contributed by atoms with Crippen LogP contribution in [0, 0.1) is 0 Å². The number of benzene rings is 3. The van der Waals surface area contributed by atoms with Gasteiger partial charge in [0.05, 0.1) is 6.54 Å². The molecule has 1 heterocycles. The molecule has 0 aromatic heterocycles. The standard InChI is InChI=1S/C26H26N2O2/c1-2-19-7-9-21(10-8-19)22-11-13-23(14-12-22)26(30)27-17-25(29)28-16-15-20-5-3-4-6-24(20)18-28/h3-14H,2,15-18H2,1H3,(H,27,30). The SMILES string of the molecule is CCc1ccc(-c2ccc(C(=O)NCC(=O)N3CCc4ccccc4C3)cc2)cc1. The van der Waals surface area contributed by atoms with Crippen molar-refractivity contribution in [2.24, 2.45) is 0 Å². The molecule has 0 radical (unpaired) electrons. The Morgan fingerprint density at radius 3 is 2.17 bits per heavy atom. The van der Waals surface area contributed by atoms with Crippen molar-refractivity contribution in [2.75, 3.05) is 13.1 Å². The van der Waals surface area contributed by atoms with Crippen LogP contribution < -0.4 is 5.32 Å². The molecular formula is C26H26N2O2. The van der Waals surface area contributed by atoms with Gasteiger partial charge in [0.25, 0.3) is 5.91 Å². The summed E-state index contributed by atoms with van der Waals surface area (Å²) in [5.74, 6) is -0.279. The van der Waals surface area contributed by atoms with E-state index in [4.69, 9.17) is 0 Å². The van der Waals surface area contributed by atoms with E-state index in [0.717, 1.165) is 24.0 Å². The summed E-state index contributed by atoms with van der Waals surface area (Å²) in [6.07, 6.45) is 1.87. The van der Waals surface area contributed by atoms with Crippen LogP contribution in [0.5, 0.6) is 0 Å². The monoisotopic (exact) mass is 398 g/mol. The molecule has 1 aliphatic heterocycles. The second-order valence-electron chi connectivity index (χ2n) is 7.64. The van der Waals surface area contributed by atoms with Crippen molar-refractivity contribution in [3.63, 3.8) is 0 Å². The molecule has 0 spiro atoms. The second-order valence-corrected chi connectivity index (χ2v) is 7.64. The fraction of sp³-hybridized carbons (Fsp3) is 0.231. The Labute approximate surface area is 177 Å². The third-order valence-corrected chi connectivity index (χ3v) is 5.73. The van der Waals surface area contributed by atoms with Gasteiger partial charge in [0.1, 0.15) is 0 Å². The smallest absolute Gasteiger partial charge is 0.251 e. The van der Waals surface area contributed by atoms with E-state index in [2.05, 4.69) is 48.6 Å². The first kappa shape index (κ1) is 19.9. The van der Waals surface area contributed by atoms with Crippen molar-refractivity contribution in [3.8, 4) is 11.1 Å². The number of fused-ring (bicyclic) bond motifs is 1. The van der Waals surface area contributed by atoms with Gasteiger partial charge in [0.2, 0.25) is 5.91 Å². The number of rotatable bonds is 5. The molecule has 4 rings (SSSR count). The number of amides is 2. The van der Waals surface area contributed by atoms with Gasteiger partial charge in [-0.3, -0.25) is 9.59 Å². The zero-order valence-electron chi connectivity index (χ0n) is 17.2. The maximum absolute atomic E-state index is 12.5. The first-order chi connectivity index (χ1) is 14.6. The third kappa shape index (κ3) is 4.43. The van der Waals surface area contributed by atoms with Crippen LogP contribution in [0.1, 0.15) is 34.0 Å². The number of nitrogens with one attached hydrogen (secondary N) is 1. The topological polar surface area (TPSA) is 49.4 Å². The van der Waals surface area contributed by atoms with Gasteiger partial charge in [0, 0.05) is 18.7 Å². The molecular weight excluding hydrogens is 372 g/mol. The molecule has 30 heavy (non-hydrogen) atoms. The van der Waals surface area contributed by atoms with Crippen LogP contribution in [0.3, 0.4) is 0 Å². The zero-order chi connectivity index (χ0) is 20.9. The van der Waals surface area contributed by atoms with Crippen LogP contribution in [0.25, 0.3) is 11.1 Å². The Morgan fingerprint density at radius 1 is 0.867 bits per heavy atom. The number of hydrogen-bond donors (Lipinski definition) is 1. The van der Waals surface area contributed by atoms with E-state index in [-0.39, 0.29) is 18.4 Å². The minimum atomic E-state index is -0.228. The summed E-state index contributed by atoms with van der Waals surface area (Å²) in [5, 5.41) is 2.76. The van der Waals surface area contributed by atoms with Crippen molar-refractivity contribution in [1.29, 1.82) is 0 Å². The van der Waals surface area contributed by atoms with Crippen LogP contribution >= 0.6 is 0 Å². The molecule has 0 bridgehead atoms. The van der Waals surface area contributed by atoms with Crippen LogP contribution in [0.2, 0.25) is 0 Å². The maximum Gasteiger partial charge on any atom is 0.251 e. The summed E-state index contributed by atoms with van der Waals surface area (Å²) in [6.45, 7) is 3.45. The minimum Gasteiger partial charge on any atom is -0.343 e. The van der Waals surface area contributed by atoms with E-state index < -0.39 is 0 Å². The number of hydrogen-bond acceptors (Lipinski definition) is 2.